The van der Waals surface area contributed by atoms with Crippen LogP contribution in [0.2, 0.25) is 25.7 Å². The second-order valence-corrected chi connectivity index (χ2v) is 16.7. The van der Waals surface area contributed by atoms with Crippen molar-refractivity contribution in [1.82, 2.24) is 14.7 Å². The average molecular weight is 464 g/mol. The lowest BCUT2D eigenvalue weighted by Gasteiger charge is -2.36. The third-order valence-corrected chi connectivity index (χ3v) is 7.54. The van der Waals surface area contributed by atoms with Gasteiger partial charge in [0.15, 0.2) is 0 Å². The van der Waals surface area contributed by atoms with Gasteiger partial charge in [-0.3, -0.25) is 0 Å². The molecule has 2 aromatic rings. The molecule has 8 heteroatoms. The molecule has 1 aliphatic heterocycles. The molecule has 0 bridgehead atoms. The van der Waals surface area contributed by atoms with Gasteiger partial charge >= 0.3 is 6.09 Å². The monoisotopic (exact) mass is 463 g/mol. The summed E-state index contributed by atoms with van der Waals surface area (Å²) in [6.45, 7) is 16.1. The second-order valence-electron chi connectivity index (χ2n) is 11.1. The number of aromatic nitrogens is 2. The highest BCUT2D eigenvalue weighted by molar-refractivity contribution is 6.76. The number of carbonyl (C=O) groups excluding carboxylic acids is 1. The Balaban J connectivity index is 1.72. The highest BCUT2D eigenvalue weighted by atomic mass is 28.3. The van der Waals surface area contributed by atoms with Crippen LogP contribution >= 0.6 is 0 Å². The van der Waals surface area contributed by atoms with E-state index in [4.69, 9.17) is 9.47 Å². The zero-order valence-electron chi connectivity index (χ0n) is 20.6. The van der Waals surface area contributed by atoms with E-state index in [0.29, 0.717) is 19.7 Å². The van der Waals surface area contributed by atoms with Crippen molar-refractivity contribution in [3.63, 3.8) is 0 Å². The first-order valence-corrected chi connectivity index (χ1v) is 15.2. The normalized spacial score (nSPS) is 20.1. The summed E-state index contributed by atoms with van der Waals surface area (Å²) in [5, 5.41) is 5.51. The number of likely N-dealkylation sites (tertiary alicyclic amines) is 1. The SMILES string of the molecule is Cc1cc2cnn(COCC[Si](C)(C)C)c2cc1[C@@H]1CCN(C(=O)OC(C)(C)C)C[C@@H]1F. The van der Waals surface area contributed by atoms with Crippen molar-refractivity contribution in [1.29, 1.82) is 0 Å². The Bertz CT molecular complexity index is 948. The van der Waals surface area contributed by atoms with Gasteiger partial charge < -0.3 is 14.4 Å². The molecule has 32 heavy (non-hydrogen) atoms. The molecule has 2 atom stereocenters. The summed E-state index contributed by atoms with van der Waals surface area (Å²) in [6, 6.07) is 5.24. The first-order valence-electron chi connectivity index (χ1n) is 11.5. The van der Waals surface area contributed by atoms with Crippen molar-refractivity contribution in [3.8, 4) is 0 Å². The van der Waals surface area contributed by atoms with Gasteiger partial charge in [-0.25, -0.2) is 13.9 Å². The van der Waals surface area contributed by atoms with Gasteiger partial charge in [0.2, 0.25) is 0 Å². The Hall–Kier alpha value is -1.93. The molecular formula is C24H38FN3O3Si. The Morgan fingerprint density at radius 2 is 2.00 bits per heavy atom. The standard InChI is InChI=1S/C24H38FN3O3Si/c1-17-12-18-14-26-28(16-30-10-11-32(5,6)7)22(18)13-20(17)19-8-9-27(15-21(19)25)23(29)31-24(2,3)4/h12-14,19,21H,8-11,15-16H2,1-7H3/t19-,21-/m0/s1. The van der Waals surface area contributed by atoms with Crippen LogP contribution in [0.25, 0.3) is 10.9 Å². The number of carbonyl (C=O) groups is 1. The molecule has 6 nitrogen and oxygen atoms in total. The van der Waals surface area contributed by atoms with Crippen molar-refractivity contribution in [2.75, 3.05) is 19.7 Å². The number of nitrogens with zero attached hydrogens (tertiary/aromatic N) is 3. The number of hydrogen-bond acceptors (Lipinski definition) is 4. The van der Waals surface area contributed by atoms with Crippen LogP contribution in [0.1, 0.15) is 44.2 Å². The van der Waals surface area contributed by atoms with E-state index in [-0.39, 0.29) is 12.5 Å². The molecule has 1 amide bonds. The van der Waals surface area contributed by atoms with Crippen molar-refractivity contribution < 1.29 is 18.7 Å². The van der Waals surface area contributed by atoms with Crippen molar-refractivity contribution in [2.24, 2.45) is 0 Å². The fourth-order valence-electron chi connectivity index (χ4n) is 4.04. The number of hydrogen-bond donors (Lipinski definition) is 0. The first kappa shape index (κ1) is 24.7. The number of fused-ring (bicyclic) bond motifs is 1. The van der Waals surface area contributed by atoms with Crippen molar-refractivity contribution >= 4 is 25.1 Å². The molecule has 0 unspecified atom stereocenters. The number of amides is 1. The van der Waals surface area contributed by atoms with Crippen LogP contribution < -0.4 is 0 Å². The number of aryl methyl sites for hydroxylation is 1. The van der Waals surface area contributed by atoms with Crippen molar-refractivity contribution in [3.05, 3.63) is 29.5 Å². The largest absolute Gasteiger partial charge is 0.444 e. The summed E-state index contributed by atoms with van der Waals surface area (Å²) in [5.74, 6) is -0.255. The predicted octanol–water partition coefficient (Wildman–Crippen LogP) is 5.72. The molecule has 1 fully saturated rings. The summed E-state index contributed by atoms with van der Waals surface area (Å²) in [4.78, 5) is 13.8. The van der Waals surface area contributed by atoms with E-state index < -0.39 is 25.9 Å². The maximum atomic E-state index is 15.3. The van der Waals surface area contributed by atoms with Gasteiger partial charge in [0.05, 0.1) is 18.3 Å². The molecule has 0 spiro atoms. The van der Waals surface area contributed by atoms with Crippen LogP contribution in [-0.4, -0.2) is 60.3 Å². The second kappa shape index (κ2) is 9.51. The number of piperidine rings is 1. The van der Waals surface area contributed by atoms with Gasteiger partial charge in [-0.15, -0.1) is 0 Å². The molecule has 1 aliphatic rings. The summed E-state index contributed by atoms with van der Waals surface area (Å²) in [6.07, 6.45) is 0.815. The van der Waals surface area contributed by atoms with Crippen LogP contribution in [0.3, 0.4) is 0 Å². The van der Waals surface area contributed by atoms with E-state index in [1.54, 1.807) is 0 Å². The van der Waals surface area contributed by atoms with E-state index in [1.165, 1.54) is 4.90 Å². The minimum Gasteiger partial charge on any atom is -0.444 e. The molecule has 178 valence electrons. The average Bonchev–Trinajstić information content (AvgIpc) is 3.04. The van der Waals surface area contributed by atoms with E-state index in [2.05, 4.69) is 36.9 Å². The maximum Gasteiger partial charge on any atom is 0.410 e. The molecule has 1 aromatic heterocycles. The number of benzene rings is 1. The Morgan fingerprint density at radius 3 is 2.62 bits per heavy atom. The van der Waals surface area contributed by atoms with Gasteiger partial charge in [0, 0.05) is 32.5 Å². The summed E-state index contributed by atoms with van der Waals surface area (Å²) in [5.41, 5.74) is 2.41. The van der Waals surface area contributed by atoms with Gasteiger partial charge in [0.1, 0.15) is 18.5 Å². The zero-order chi connectivity index (χ0) is 23.7. The third kappa shape index (κ3) is 6.31. The highest BCUT2D eigenvalue weighted by Crippen LogP contribution is 2.35. The lowest BCUT2D eigenvalue weighted by Crippen LogP contribution is -2.46. The summed E-state index contributed by atoms with van der Waals surface area (Å²) in [7, 11) is -1.14. The molecule has 0 N–H and O–H groups in total. The molecule has 0 radical (unpaired) electrons. The van der Waals surface area contributed by atoms with E-state index >= 15 is 4.39 Å². The van der Waals surface area contributed by atoms with Crippen LogP contribution in [0, 0.1) is 6.92 Å². The van der Waals surface area contributed by atoms with Gasteiger partial charge in [-0.1, -0.05) is 19.6 Å². The van der Waals surface area contributed by atoms with E-state index in [1.807, 2.05) is 38.6 Å². The molecule has 2 heterocycles. The Morgan fingerprint density at radius 1 is 1.28 bits per heavy atom. The lowest BCUT2D eigenvalue weighted by molar-refractivity contribution is 0.0111. The number of ether oxygens (including phenoxy) is 2. The quantitative estimate of drug-likeness (QED) is 0.406. The summed E-state index contributed by atoms with van der Waals surface area (Å²) < 4.78 is 28.4. The molecule has 1 saturated heterocycles. The van der Waals surface area contributed by atoms with Crippen LogP contribution in [0.15, 0.2) is 18.3 Å². The molecule has 1 aromatic carbocycles. The van der Waals surface area contributed by atoms with Gasteiger partial charge in [-0.2, -0.15) is 5.10 Å². The first-order chi connectivity index (χ1) is 14.8. The Labute approximate surface area is 192 Å². The smallest absolute Gasteiger partial charge is 0.410 e. The zero-order valence-corrected chi connectivity index (χ0v) is 21.6. The minimum absolute atomic E-state index is 0.0517. The molecule has 0 saturated carbocycles. The minimum atomic E-state index is -1.14. The van der Waals surface area contributed by atoms with Gasteiger partial charge in [-0.05, 0) is 63.4 Å². The summed E-state index contributed by atoms with van der Waals surface area (Å²) >= 11 is 0. The molecule has 3 rings (SSSR count). The number of alkyl halides is 1. The number of halogens is 1. The fourth-order valence-corrected chi connectivity index (χ4v) is 4.79. The number of rotatable bonds is 6. The van der Waals surface area contributed by atoms with Crippen molar-refractivity contribution in [2.45, 2.75) is 84.2 Å². The Kier molecular flexibility index (Phi) is 7.34. The predicted molar refractivity (Wildman–Crippen MR) is 129 cm³/mol. The van der Waals surface area contributed by atoms with Gasteiger partial charge in [0.25, 0.3) is 0 Å². The highest BCUT2D eigenvalue weighted by Gasteiger charge is 2.35. The lowest BCUT2D eigenvalue weighted by atomic mass is 9.85. The van der Waals surface area contributed by atoms with Crippen LogP contribution in [-0.2, 0) is 16.2 Å². The van der Waals surface area contributed by atoms with E-state index in [9.17, 15) is 4.79 Å². The third-order valence-electron chi connectivity index (χ3n) is 5.83. The van der Waals surface area contributed by atoms with Crippen LogP contribution in [0.5, 0.6) is 0 Å². The molecule has 0 aliphatic carbocycles. The topological polar surface area (TPSA) is 56.6 Å². The maximum absolute atomic E-state index is 15.3. The van der Waals surface area contributed by atoms with Crippen LogP contribution in [0.4, 0.5) is 9.18 Å². The fraction of sp³-hybridized carbons (Fsp3) is 0.667. The molecular weight excluding hydrogens is 425 g/mol. The van der Waals surface area contributed by atoms with E-state index in [0.717, 1.165) is 34.7 Å².